The van der Waals surface area contributed by atoms with Crippen LogP contribution in [0.15, 0.2) is 12.4 Å². The molecule has 3 heterocycles. The SMILES string of the molecule is COc1cc(Nc2nncn2[C@H]2CCc3sc(NC(=O)[C@H]4C[C@@H]4C)c(C(=O)NC[C@H]4C[C@@H]4F)c3C2)n(C)n1. The van der Waals surface area contributed by atoms with Gasteiger partial charge in [0, 0.05) is 42.4 Å². The van der Waals surface area contributed by atoms with Crippen LogP contribution in [0, 0.1) is 17.8 Å². The molecule has 3 aromatic heterocycles. The van der Waals surface area contributed by atoms with Crippen molar-refractivity contribution in [3.8, 4) is 5.88 Å². The lowest BCUT2D eigenvalue weighted by Crippen LogP contribution is -2.29. The fraction of sp³-hybridized carbons (Fsp3) is 0.560. The summed E-state index contributed by atoms with van der Waals surface area (Å²) in [5.41, 5.74) is 1.43. The highest BCUT2D eigenvalue weighted by atomic mass is 32.1. The van der Waals surface area contributed by atoms with Gasteiger partial charge in [-0.15, -0.1) is 26.6 Å². The van der Waals surface area contributed by atoms with E-state index in [-0.39, 0.29) is 29.7 Å². The molecular formula is C25H31FN8O3S. The number of hydrogen-bond donors (Lipinski definition) is 3. The number of anilines is 3. The van der Waals surface area contributed by atoms with Crippen LogP contribution in [0.5, 0.6) is 5.88 Å². The normalized spacial score (nSPS) is 25.4. The molecule has 0 bridgehead atoms. The van der Waals surface area contributed by atoms with Gasteiger partial charge in [-0.3, -0.25) is 14.2 Å². The zero-order valence-corrected chi connectivity index (χ0v) is 22.3. The molecule has 2 amide bonds. The zero-order valence-electron chi connectivity index (χ0n) is 21.5. The number of thiophene rings is 1. The molecule has 0 aromatic carbocycles. The summed E-state index contributed by atoms with van der Waals surface area (Å²) in [7, 11) is 3.37. The molecule has 3 N–H and O–H groups in total. The van der Waals surface area contributed by atoms with Crippen molar-refractivity contribution in [3.63, 3.8) is 0 Å². The molecule has 0 radical (unpaired) electrons. The van der Waals surface area contributed by atoms with E-state index >= 15 is 0 Å². The summed E-state index contributed by atoms with van der Waals surface area (Å²) >= 11 is 1.48. The van der Waals surface area contributed by atoms with Gasteiger partial charge >= 0.3 is 0 Å². The summed E-state index contributed by atoms with van der Waals surface area (Å²) in [6, 6.07) is 1.78. The lowest BCUT2D eigenvalue weighted by molar-refractivity contribution is -0.117. The maximum absolute atomic E-state index is 13.4. The Balaban J connectivity index is 1.26. The van der Waals surface area contributed by atoms with Crippen LogP contribution in [0.2, 0.25) is 0 Å². The van der Waals surface area contributed by atoms with E-state index in [0.717, 1.165) is 29.7 Å². The van der Waals surface area contributed by atoms with Crippen LogP contribution in [-0.4, -0.2) is 56.2 Å². The highest BCUT2D eigenvalue weighted by molar-refractivity contribution is 7.17. The molecule has 2 saturated carbocycles. The molecule has 0 saturated heterocycles. The van der Waals surface area contributed by atoms with Crippen molar-refractivity contribution >= 4 is 39.9 Å². The van der Waals surface area contributed by atoms with E-state index in [4.69, 9.17) is 4.74 Å². The van der Waals surface area contributed by atoms with E-state index in [2.05, 4.69) is 38.2 Å². The lowest BCUT2D eigenvalue weighted by atomic mass is 9.91. The minimum atomic E-state index is -0.842. The van der Waals surface area contributed by atoms with E-state index < -0.39 is 6.17 Å². The molecule has 2 fully saturated rings. The highest BCUT2D eigenvalue weighted by Gasteiger charge is 2.41. The van der Waals surface area contributed by atoms with Crippen LogP contribution in [0.3, 0.4) is 0 Å². The second-order valence-corrected chi connectivity index (χ2v) is 11.6. The van der Waals surface area contributed by atoms with Crippen LogP contribution < -0.4 is 20.7 Å². The summed E-state index contributed by atoms with van der Waals surface area (Å²) in [5, 5.41) is 22.5. The number of aromatic nitrogens is 5. The second kappa shape index (κ2) is 9.68. The van der Waals surface area contributed by atoms with Gasteiger partial charge in [0.2, 0.25) is 17.7 Å². The number of fused-ring (bicyclic) bond motifs is 1. The molecule has 3 aliphatic carbocycles. The molecule has 202 valence electrons. The molecule has 11 nitrogen and oxygen atoms in total. The van der Waals surface area contributed by atoms with Gasteiger partial charge in [0.15, 0.2) is 0 Å². The van der Waals surface area contributed by atoms with E-state index in [0.29, 0.717) is 53.5 Å². The number of aryl methyl sites for hydroxylation is 2. The van der Waals surface area contributed by atoms with Gasteiger partial charge in [-0.05, 0) is 43.6 Å². The summed E-state index contributed by atoms with van der Waals surface area (Å²) in [5.74, 6) is 1.68. The van der Waals surface area contributed by atoms with Crippen molar-refractivity contribution in [2.24, 2.45) is 24.8 Å². The molecule has 6 rings (SSSR count). The van der Waals surface area contributed by atoms with Crippen LogP contribution in [0.1, 0.15) is 53.0 Å². The van der Waals surface area contributed by atoms with Crippen LogP contribution >= 0.6 is 11.3 Å². The van der Waals surface area contributed by atoms with Crippen molar-refractivity contribution in [1.29, 1.82) is 0 Å². The fourth-order valence-electron chi connectivity index (χ4n) is 5.13. The van der Waals surface area contributed by atoms with Crippen molar-refractivity contribution in [1.82, 2.24) is 29.9 Å². The summed E-state index contributed by atoms with van der Waals surface area (Å²) in [6.45, 7) is 2.35. The van der Waals surface area contributed by atoms with E-state index in [1.165, 1.54) is 11.3 Å². The molecule has 3 aliphatic rings. The number of methoxy groups -OCH3 is 1. The van der Waals surface area contributed by atoms with E-state index in [9.17, 15) is 14.0 Å². The topological polar surface area (TPSA) is 128 Å². The quantitative estimate of drug-likeness (QED) is 0.379. The van der Waals surface area contributed by atoms with Crippen molar-refractivity contribution in [3.05, 3.63) is 28.4 Å². The first-order chi connectivity index (χ1) is 18.3. The second-order valence-electron chi connectivity index (χ2n) is 10.5. The first-order valence-electron chi connectivity index (χ1n) is 12.9. The minimum Gasteiger partial charge on any atom is -0.480 e. The predicted octanol–water partition coefficient (Wildman–Crippen LogP) is 3.24. The molecule has 38 heavy (non-hydrogen) atoms. The number of halogens is 1. The van der Waals surface area contributed by atoms with Crippen molar-refractivity contribution in [2.75, 3.05) is 24.3 Å². The molecule has 0 aliphatic heterocycles. The Morgan fingerprint density at radius 2 is 2.11 bits per heavy atom. The summed E-state index contributed by atoms with van der Waals surface area (Å²) < 4.78 is 22.3. The van der Waals surface area contributed by atoms with Gasteiger partial charge in [-0.1, -0.05) is 6.92 Å². The molecule has 0 unspecified atom stereocenters. The number of carbonyl (C=O) groups is 2. The number of amides is 2. The Labute approximate surface area is 223 Å². The number of nitrogens with one attached hydrogen (secondary N) is 3. The third kappa shape index (κ3) is 4.74. The average Bonchev–Trinajstić information content (AvgIpc) is 3.60. The summed E-state index contributed by atoms with van der Waals surface area (Å²) in [6.07, 6.45) is 4.36. The van der Waals surface area contributed by atoms with E-state index in [1.54, 1.807) is 31.2 Å². The Hall–Kier alpha value is -3.48. The van der Waals surface area contributed by atoms with Gasteiger partial charge in [-0.2, -0.15) is 0 Å². The Morgan fingerprint density at radius 3 is 2.79 bits per heavy atom. The number of hydrogen-bond acceptors (Lipinski definition) is 8. The molecule has 3 aromatic rings. The Bertz CT molecular complexity index is 1380. The smallest absolute Gasteiger partial charge is 0.254 e. The Morgan fingerprint density at radius 1 is 1.32 bits per heavy atom. The predicted molar refractivity (Wildman–Crippen MR) is 140 cm³/mol. The molecule has 0 spiro atoms. The third-order valence-corrected chi connectivity index (χ3v) is 8.99. The van der Waals surface area contributed by atoms with Gasteiger partial charge in [0.1, 0.15) is 23.3 Å². The first kappa shape index (κ1) is 24.8. The number of alkyl halides is 1. The van der Waals surface area contributed by atoms with Gasteiger partial charge in [0.25, 0.3) is 5.91 Å². The molecule has 5 atom stereocenters. The minimum absolute atomic E-state index is 0.00179. The van der Waals surface area contributed by atoms with Crippen molar-refractivity contribution in [2.45, 2.75) is 51.2 Å². The van der Waals surface area contributed by atoms with Gasteiger partial charge in [0.05, 0.1) is 12.7 Å². The van der Waals surface area contributed by atoms with Crippen LogP contribution in [0.4, 0.5) is 21.2 Å². The van der Waals surface area contributed by atoms with Crippen LogP contribution in [0.25, 0.3) is 0 Å². The molecular weight excluding hydrogens is 511 g/mol. The number of carbonyl (C=O) groups excluding carboxylic acids is 2. The fourth-order valence-corrected chi connectivity index (χ4v) is 6.37. The summed E-state index contributed by atoms with van der Waals surface area (Å²) in [4.78, 5) is 27.3. The molecule has 13 heteroatoms. The van der Waals surface area contributed by atoms with E-state index in [1.807, 2.05) is 4.57 Å². The zero-order chi connectivity index (χ0) is 26.6. The maximum atomic E-state index is 13.4. The van der Waals surface area contributed by atoms with Gasteiger partial charge in [-0.25, -0.2) is 9.07 Å². The maximum Gasteiger partial charge on any atom is 0.254 e. The highest BCUT2D eigenvalue weighted by Crippen LogP contribution is 2.44. The Kier molecular flexibility index (Phi) is 6.33. The number of nitrogens with zero attached hydrogens (tertiary/aromatic N) is 5. The first-order valence-corrected chi connectivity index (χ1v) is 13.8. The third-order valence-electron chi connectivity index (χ3n) is 7.78. The largest absolute Gasteiger partial charge is 0.480 e. The standard InChI is InChI=1S/C25H31FN8O3S/c1-12-6-15(12)22(35)30-24-21(23(36)27-10-13-7-17(13)26)16-8-14(4-5-18(16)38-24)34-11-28-31-25(34)29-19-9-20(37-3)32-33(19)2/h9,11-15,17H,4-8,10H2,1-3H3,(H,27,36)(H,29,31)(H,30,35)/t12-,13+,14-,15-,17-/m0/s1. The average molecular weight is 543 g/mol. The van der Waals surface area contributed by atoms with Crippen molar-refractivity contribution < 1.29 is 18.7 Å². The number of rotatable bonds is 9. The monoisotopic (exact) mass is 542 g/mol. The number of ether oxygens (including phenoxy) is 1. The lowest BCUT2D eigenvalue weighted by Gasteiger charge is -2.25. The van der Waals surface area contributed by atoms with Gasteiger partial charge < -0.3 is 20.7 Å². The van der Waals surface area contributed by atoms with Crippen LogP contribution in [-0.2, 0) is 24.7 Å².